The Morgan fingerprint density at radius 2 is 1.52 bits per heavy atom. The largest absolute Gasteiger partial charge is 0.343 e. The van der Waals surface area contributed by atoms with Gasteiger partial charge in [0.25, 0.3) is 11.8 Å². The number of imide groups is 1. The molecule has 0 bridgehead atoms. The SMILES string of the molecule is CCC(CC)(C(=O)ON1C(=O)c2ccccc2C1=O)c1ccc(Cl)c(Cl)c1. The molecule has 0 atom stereocenters. The zero-order valence-electron chi connectivity index (χ0n) is 14.8. The van der Waals surface area contributed by atoms with E-state index >= 15 is 0 Å². The Kier molecular flexibility index (Phi) is 5.27. The second-order valence-electron chi connectivity index (χ2n) is 6.25. The van der Waals surface area contributed by atoms with E-state index < -0.39 is 23.2 Å². The number of hydrogen-bond donors (Lipinski definition) is 0. The van der Waals surface area contributed by atoms with Crippen LogP contribution in [0, 0.1) is 0 Å². The predicted octanol–water partition coefficient (Wildman–Crippen LogP) is 4.81. The predicted molar refractivity (Wildman–Crippen MR) is 102 cm³/mol. The van der Waals surface area contributed by atoms with Gasteiger partial charge in [-0.3, -0.25) is 9.59 Å². The van der Waals surface area contributed by atoms with Crippen molar-refractivity contribution in [3.05, 3.63) is 69.2 Å². The number of rotatable bonds is 5. The van der Waals surface area contributed by atoms with Crippen molar-refractivity contribution in [1.29, 1.82) is 0 Å². The molecule has 2 amide bonds. The molecular formula is C20H17Cl2NO4. The van der Waals surface area contributed by atoms with Crippen molar-refractivity contribution >= 4 is 41.0 Å². The maximum atomic E-state index is 13.1. The number of amides is 2. The quantitative estimate of drug-likeness (QED) is 0.669. The molecule has 3 rings (SSSR count). The third-order valence-corrected chi connectivity index (χ3v) is 5.74. The van der Waals surface area contributed by atoms with Crippen LogP contribution >= 0.6 is 23.2 Å². The molecule has 1 aliphatic rings. The molecule has 5 nitrogen and oxygen atoms in total. The van der Waals surface area contributed by atoms with E-state index in [4.69, 9.17) is 28.0 Å². The van der Waals surface area contributed by atoms with Gasteiger partial charge in [-0.05, 0) is 42.7 Å². The first kappa shape index (κ1) is 19.4. The summed E-state index contributed by atoms with van der Waals surface area (Å²) in [7, 11) is 0. The Bertz CT molecular complexity index is 902. The summed E-state index contributed by atoms with van der Waals surface area (Å²) in [5.74, 6) is -2.00. The lowest BCUT2D eigenvalue weighted by atomic mass is 9.76. The summed E-state index contributed by atoms with van der Waals surface area (Å²) in [5.41, 5.74) is -0.0285. The molecule has 0 spiro atoms. The smallest absolute Gasteiger partial charge is 0.329 e. The normalized spacial score (nSPS) is 13.7. The highest BCUT2D eigenvalue weighted by Gasteiger charge is 2.45. The molecule has 0 aromatic heterocycles. The van der Waals surface area contributed by atoms with Crippen molar-refractivity contribution in [2.24, 2.45) is 0 Å². The summed E-state index contributed by atoms with van der Waals surface area (Å²) in [6.45, 7) is 3.66. The van der Waals surface area contributed by atoms with Crippen molar-refractivity contribution in [3.8, 4) is 0 Å². The Hall–Kier alpha value is -2.37. The number of hydroxylamine groups is 2. The van der Waals surface area contributed by atoms with Crippen LogP contribution in [0.15, 0.2) is 42.5 Å². The first-order valence-corrected chi connectivity index (χ1v) is 9.27. The minimum atomic E-state index is -1.07. The lowest BCUT2D eigenvalue weighted by Gasteiger charge is -2.30. The molecule has 140 valence electrons. The van der Waals surface area contributed by atoms with Crippen molar-refractivity contribution in [3.63, 3.8) is 0 Å². The first-order valence-electron chi connectivity index (χ1n) is 8.51. The number of halogens is 2. The van der Waals surface area contributed by atoms with Gasteiger partial charge in [0.2, 0.25) is 0 Å². The second kappa shape index (κ2) is 7.33. The highest BCUT2D eigenvalue weighted by molar-refractivity contribution is 6.42. The van der Waals surface area contributed by atoms with Gasteiger partial charge in [-0.15, -0.1) is 0 Å². The standard InChI is InChI=1S/C20H17Cl2NO4/c1-3-20(4-2,12-9-10-15(21)16(22)11-12)19(26)27-23-17(24)13-7-5-6-8-14(13)18(23)25/h5-11H,3-4H2,1-2H3. The maximum absolute atomic E-state index is 13.1. The molecular weight excluding hydrogens is 389 g/mol. The topological polar surface area (TPSA) is 63.7 Å². The van der Waals surface area contributed by atoms with Crippen LogP contribution in [0.2, 0.25) is 10.0 Å². The molecule has 2 aromatic rings. The fourth-order valence-corrected chi connectivity index (χ4v) is 3.58. The fourth-order valence-electron chi connectivity index (χ4n) is 3.28. The summed E-state index contributed by atoms with van der Waals surface area (Å²) in [5, 5.41) is 1.22. The number of nitrogens with zero attached hydrogens (tertiary/aromatic N) is 1. The number of fused-ring (bicyclic) bond motifs is 1. The summed E-state index contributed by atoms with van der Waals surface area (Å²) >= 11 is 12.1. The van der Waals surface area contributed by atoms with Gasteiger partial charge in [-0.2, -0.15) is 0 Å². The lowest BCUT2D eigenvalue weighted by molar-refractivity contribution is -0.176. The third-order valence-electron chi connectivity index (χ3n) is 5.00. The molecule has 27 heavy (non-hydrogen) atoms. The van der Waals surface area contributed by atoms with Crippen LogP contribution in [-0.2, 0) is 15.0 Å². The zero-order chi connectivity index (χ0) is 19.8. The Labute approximate surface area is 166 Å². The molecule has 7 heteroatoms. The van der Waals surface area contributed by atoms with E-state index in [1.54, 1.807) is 30.3 Å². The molecule has 0 radical (unpaired) electrons. The summed E-state index contributed by atoms with van der Waals surface area (Å²) in [4.78, 5) is 43.3. The number of carbonyl (C=O) groups is 3. The van der Waals surface area contributed by atoms with Crippen molar-refractivity contribution in [2.45, 2.75) is 32.1 Å². The second-order valence-corrected chi connectivity index (χ2v) is 7.06. The molecule has 0 saturated carbocycles. The van der Waals surface area contributed by atoms with Gasteiger partial charge in [-0.1, -0.05) is 60.3 Å². The first-order chi connectivity index (χ1) is 12.9. The van der Waals surface area contributed by atoms with Gasteiger partial charge in [0, 0.05) is 0 Å². The minimum Gasteiger partial charge on any atom is -0.329 e. The Morgan fingerprint density at radius 3 is 2.00 bits per heavy atom. The number of carbonyl (C=O) groups excluding carboxylic acids is 3. The maximum Gasteiger partial charge on any atom is 0.343 e. The van der Waals surface area contributed by atoms with Crippen LogP contribution in [-0.4, -0.2) is 22.8 Å². The Balaban J connectivity index is 1.94. The van der Waals surface area contributed by atoms with E-state index in [0.717, 1.165) is 0 Å². The van der Waals surface area contributed by atoms with E-state index in [1.165, 1.54) is 12.1 Å². The monoisotopic (exact) mass is 405 g/mol. The van der Waals surface area contributed by atoms with E-state index in [0.29, 0.717) is 33.5 Å². The van der Waals surface area contributed by atoms with Crippen molar-refractivity contribution < 1.29 is 19.2 Å². The van der Waals surface area contributed by atoms with Crippen LogP contribution in [0.3, 0.4) is 0 Å². The van der Waals surface area contributed by atoms with Crippen molar-refractivity contribution in [2.75, 3.05) is 0 Å². The van der Waals surface area contributed by atoms with Crippen LogP contribution < -0.4 is 0 Å². The van der Waals surface area contributed by atoms with E-state index in [1.807, 2.05) is 13.8 Å². The molecule has 1 heterocycles. The van der Waals surface area contributed by atoms with Crippen LogP contribution in [0.1, 0.15) is 53.0 Å². The average Bonchev–Trinajstić information content (AvgIpc) is 2.91. The van der Waals surface area contributed by atoms with E-state index in [9.17, 15) is 14.4 Å². The van der Waals surface area contributed by atoms with Crippen LogP contribution in [0.25, 0.3) is 0 Å². The third kappa shape index (κ3) is 3.11. The average molecular weight is 406 g/mol. The minimum absolute atomic E-state index is 0.212. The zero-order valence-corrected chi connectivity index (χ0v) is 16.3. The highest BCUT2D eigenvalue weighted by atomic mass is 35.5. The summed E-state index contributed by atoms with van der Waals surface area (Å²) in [6.07, 6.45) is 0.785. The highest BCUT2D eigenvalue weighted by Crippen LogP contribution is 2.37. The van der Waals surface area contributed by atoms with Crippen LogP contribution in [0.4, 0.5) is 0 Å². The van der Waals surface area contributed by atoms with E-state index in [-0.39, 0.29) is 11.1 Å². The van der Waals surface area contributed by atoms with Gasteiger partial charge in [0.15, 0.2) is 0 Å². The van der Waals surface area contributed by atoms with Gasteiger partial charge in [-0.25, -0.2) is 4.79 Å². The van der Waals surface area contributed by atoms with Gasteiger partial charge < -0.3 is 4.84 Å². The molecule has 1 aliphatic heterocycles. The van der Waals surface area contributed by atoms with Crippen LogP contribution in [0.5, 0.6) is 0 Å². The summed E-state index contributed by atoms with van der Waals surface area (Å²) < 4.78 is 0. The van der Waals surface area contributed by atoms with Gasteiger partial charge in [0.05, 0.1) is 26.6 Å². The Morgan fingerprint density at radius 1 is 0.963 bits per heavy atom. The van der Waals surface area contributed by atoms with E-state index in [2.05, 4.69) is 0 Å². The summed E-state index contributed by atoms with van der Waals surface area (Å²) in [6, 6.07) is 11.3. The van der Waals surface area contributed by atoms with Gasteiger partial charge in [0.1, 0.15) is 0 Å². The molecule has 0 aliphatic carbocycles. The number of hydrogen-bond acceptors (Lipinski definition) is 4. The van der Waals surface area contributed by atoms with Crippen molar-refractivity contribution in [1.82, 2.24) is 5.06 Å². The molecule has 0 unspecified atom stereocenters. The molecule has 2 aromatic carbocycles. The lowest BCUT2D eigenvalue weighted by Crippen LogP contribution is -2.42. The molecule has 0 N–H and O–H groups in total. The number of benzene rings is 2. The molecule has 0 saturated heterocycles. The molecule has 0 fully saturated rings. The fraction of sp³-hybridized carbons (Fsp3) is 0.250. The van der Waals surface area contributed by atoms with Gasteiger partial charge >= 0.3 is 5.97 Å².